The van der Waals surface area contributed by atoms with Crippen LogP contribution in [0.15, 0.2) is 41.5 Å². The molecule has 0 saturated carbocycles. The fourth-order valence-corrected chi connectivity index (χ4v) is 3.56. The zero-order valence-corrected chi connectivity index (χ0v) is 15.8. The summed E-state index contributed by atoms with van der Waals surface area (Å²) >= 11 is 4.19. The van der Waals surface area contributed by atoms with Crippen LogP contribution in [-0.4, -0.2) is 24.3 Å². The predicted octanol–water partition coefficient (Wildman–Crippen LogP) is 3.37. The van der Waals surface area contributed by atoms with Gasteiger partial charge >= 0.3 is 0 Å². The van der Waals surface area contributed by atoms with E-state index < -0.39 is 0 Å². The van der Waals surface area contributed by atoms with Gasteiger partial charge in [-0.25, -0.2) is 5.43 Å². The molecular formula is C15H12I2N2O3. The second kappa shape index (κ2) is 7.77. The molecule has 0 spiro atoms. The van der Waals surface area contributed by atoms with Crippen molar-refractivity contribution in [3.8, 4) is 11.5 Å². The minimum atomic E-state index is -0.352. The Morgan fingerprint density at radius 2 is 2.09 bits per heavy atom. The number of hydrogen-bond donors (Lipinski definition) is 2. The van der Waals surface area contributed by atoms with E-state index >= 15 is 0 Å². The molecule has 114 valence electrons. The number of phenols is 1. The Morgan fingerprint density at radius 1 is 1.32 bits per heavy atom. The molecule has 0 unspecified atom stereocenters. The first kappa shape index (κ1) is 17.0. The molecular weight excluding hydrogens is 510 g/mol. The lowest BCUT2D eigenvalue weighted by molar-refractivity contribution is 0.0954. The molecule has 2 aromatic carbocycles. The first-order chi connectivity index (χ1) is 10.5. The van der Waals surface area contributed by atoms with E-state index in [9.17, 15) is 9.90 Å². The van der Waals surface area contributed by atoms with Gasteiger partial charge in [-0.1, -0.05) is 6.07 Å². The van der Waals surface area contributed by atoms with Crippen molar-refractivity contribution in [2.75, 3.05) is 7.11 Å². The Kier molecular flexibility index (Phi) is 6.00. The number of hydrogen-bond acceptors (Lipinski definition) is 4. The third-order valence-electron chi connectivity index (χ3n) is 2.76. The molecule has 5 nitrogen and oxygen atoms in total. The number of halogens is 2. The van der Waals surface area contributed by atoms with Crippen molar-refractivity contribution in [3.63, 3.8) is 0 Å². The molecule has 0 radical (unpaired) electrons. The monoisotopic (exact) mass is 522 g/mol. The molecule has 0 atom stereocenters. The minimum Gasteiger partial charge on any atom is -0.506 e. The first-order valence-electron chi connectivity index (χ1n) is 6.16. The summed E-state index contributed by atoms with van der Waals surface area (Å²) in [4.78, 5) is 12.0. The fourth-order valence-electron chi connectivity index (χ4n) is 1.67. The van der Waals surface area contributed by atoms with Gasteiger partial charge in [-0.2, -0.15) is 5.10 Å². The highest BCUT2D eigenvalue weighted by Gasteiger charge is 2.07. The molecule has 22 heavy (non-hydrogen) atoms. The number of benzene rings is 2. The van der Waals surface area contributed by atoms with Crippen LogP contribution in [0, 0.1) is 7.14 Å². The number of rotatable bonds is 4. The summed E-state index contributed by atoms with van der Waals surface area (Å²) in [6.07, 6.45) is 1.41. The Bertz CT molecular complexity index is 733. The van der Waals surface area contributed by atoms with E-state index in [1.807, 2.05) is 28.7 Å². The zero-order valence-electron chi connectivity index (χ0n) is 11.5. The number of ether oxygens (including phenoxy) is 1. The van der Waals surface area contributed by atoms with Crippen LogP contribution in [0.25, 0.3) is 0 Å². The smallest absolute Gasteiger partial charge is 0.271 e. The molecule has 2 N–H and O–H groups in total. The van der Waals surface area contributed by atoms with Gasteiger partial charge in [-0.15, -0.1) is 0 Å². The van der Waals surface area contributed by atoms with E-state index in [2.05, 4.69) is 33.1 Å². The number of nitrogens with zero attached hydrogens (tertiary/aromatic N) is 1. The second-order valence-electron chi connectivity index (χ2n) is 4.26. The largest absolute Gasteiger partial charge is 0.506 e. The quantitative estimate of drug-likeness (QED) is 0.368. The highest BCUT2D eigenvalue weighted by atomic mass is 127. The van der Waals surface area contributed by atoms with Gasteiger partial charge < -0.3 is 9.84 Å². The highest BCUT2D eigenvalue weighted by molar-refractivity contribution is 14.1. The second-order valence-corrected chi connectivity index (χ2v) is 6.66. The number of phenolic OH excluding ortho intramolecular Hbond substituents is 1. The van der Waals surface area contributed by atoms with E-state index in [4.69, 9.17) is 4.74 Å². The average Bonchev–Trinajstić information content (AvgIpc) is 2.51. The minimum absolute atomic E-state index is 0.139. The molecule has 0 aliphatic carbocycles. The summed E-state index contributed by atoms with van der Waals surface area (Å²) < 4.78 is 6.77. The number of methoxy groups -OCH3 is 1. The number of amides is 1. The topological polar surface area (TPSA) is 70.9 Å². The van der Waals surface area contributed by atoms with Gasteiger partial charge in [0.05, 0.1) is 16.9 Å². The maximum absolute atomic E-state index is 12.0. The molecule has 0 saturated heterocycles. The van der Waals surface area contributed by atoms with Crippen LogP contribution in [0.5, 0.6) is 11.5 Å². The first-order valence-corrected chi connectivity index (χ1v) is 8.32. The number of carbonyl (C=O) groups excluding carboxylic acids is 1. The van der Waals surface area contributed by atoms with E-state index in [0.29, 0.717) is 16.9 Å². The van der Waals surface area contributed by atoms with Crippen molar-refractivity contribution >= 4 is 57.3 Å². The van der Waals surface area contributed by atoms with E-state index in [1.165, 1.54) is 13.3 Å². The van der Waals surface area contributed by atoms with Crippen molar-refractivity contribution in [2.24, 2.45) is 5.10 Å². The van der Waals surface area contributed by atoms with Gasteiger partial charge in [0.2, 0.25) is 0 Å². The van der Waals surface area contributed by atoms with Crippen LogP contribution in [0.2, 0.25) is 0 Å². The Morgan fingerprint density at radius 3 is 2.82 bits per heavy atom. The lowest BCUT2D eigenvalue weighted by Crippen LogP contribution is -2.17. The molecule has 0 heterocycles. The number of carbonyl (C=O) groups is 1. The van der Waals surface area contributed by atoms with Gasteiger partial charge in [0.1, 0.15) is 11.5 Å². The average molecular weight is 522 g/mol. The summed E-state index contributed by atoms with van der Waals surface area (Å²) in [5.41, 5.74) is 3.41. The van der Waals surface area contributed by atoms with Crippen LogP contribution in [-0.2, 0) is 0 Å². The molecule has 2 rings (SSSR count). The Labute approximate surface area is 155 Å². The van der Waals surface area contributed by atoms with Crippen LogP contribution in [0.3, 0.4) is 0 Å². The van der Waals surface area contributed by atoms with E-state index in [1.54, 1.807) is 30.3 Å². The predicted molar refractivity (Wildman–Crippen MR) is 102 cm³/mol. The van der Waals surface area contributed by atoms with Crippen molar-refractivity contribution in [2.45, 2.75) is 0 Å². The Hall–Kier alpha value is -1.36. The van der Waals surface area contributed by atoms with Gasteiger partial charge in [0.15, 0.2) is 0 Å². The van der Waals surface area contributed by atoms with Crippen molar-refractivity contribution in [1.29, 1.82) is 0 Å². The van der Waals surface area contributed by atoms with Crippen LogP contribution in [0.1, 0.15) is 15.9 Å². The molecule has 1 amide bonds. The summed E-state index contributed by atoms with van der Waals surface area (Å²) in [6.45, 7) is 0. The fraction of sp³-hybridized carbons (Fsp3) is 0.0667. The number of aromatic hydroxyl groups is 1. The molecule has 0 aliphatic rings. The highest BCUT2D eigenvalue weighted by Crippen LogP contribution is 2.25. The van der Waals surface area contributed by atoms with Gasteiger partial charge in [0.25, 0.3) is 5.91 Å². The maximum atomic E-state index is 12.0. The summed E-state index contributed by atoms with van der Waals surface area (Å²) in [7, 11) is 1.54. The van der Waals surface area contributed by atoms with Crippen LogP contribution < -0.4 is 10.2 Å². The van der Waals surface area contributed by atoms with Gasteiger partial charge in [0, 0.05) is 14.7 Å². The third-order valence-corrected chi connectivity index (χ3v) is 4.20. The molecule has 7 heteroatoms. The summed E-state index contributed by atoms with van der Waals surface area (Å²) in [5.74, 6) is 0.386. The molecule has 0 fully saturated rings. The lowest BCUT2D eigenvalue weighted by Gasteiger charge is -2.04. The summed E-state index contributed by atoms with van der Waals surface area (Å²) in [5, 5.41) is 13.8. The van der Waals surface area contributed by atoms with Crippen molar-refractivity contribution < 1.29 is 14.6 Å². The maximum Gasteiger partial charge on any atom is 0.271 e. The molecule has 0 bridgehead atoms. The zero-order chi connectivity index (χ0) is 16.1. The van der Waals surface area contributed by atoms with E-state index in [-0.39, 0.29) is 11.7 Å². The van der Waals surface area contributed by atoms with Gasteiger partial charge in [-0.3, -0.25) is 4.79 Å². The summed E-state index contributed by atoms with van der Waals surface area (Å²) in [6, 6.07) is 10.4. The van der Waals surface area contributed by atoms with Crippen LogP contribution in [0.4, 0.5) is 0 Å². The Balaban J connectivity index is 2.10. The number of hydrazone groups is 1. The molecule has 0 aromatic heterocycles. The SMILES string of the molecule is COc1cccc(C(=O)NN=Cc2cc(I)cc(I)c2O)c1. The molecule has 0 aliphatic heterocycles. The standard InChI is InChI=1S/C15H12I2N2O3/c1-22-12-4-2-3-9(6-12)15(21)19-18-8-10-5-11(16)7-13(17)14(10)20/h2-8,20H,1H3,(H,19,21). The molecule has 2 aromatic rings. The lowest BCUT2D eigenvalue weighted by atomic mass is 10.2. The van der Waals surface area contributed by atoms with Crippen molar-refractivity contribution in [3.05, 3.63) is 54.7 Å². The van der Waals surface area contributed by atoms with E-state index in [0.717, 1.165) is 7.14 Å². The van der Waals surface area contributed by atoms with Crippen LogP contribution >= 0.6 is 45.2 Å². The van der Waals surface area contributed by atoms with Gasteiger partial charge in [-0.05, 0) is 75.5 Å². The third kappa shape index (κ3) is 4.32. The normalized spacial score (nSPS) is 10.7. The van der Waals surface area contributed by atoms with Crippen molar-refractivity contribution in [1.82, 2.24) is 5.43 Å². The number of nitrogens with one attached hydrogen (secondary N) is 1.